The highest BCUT2D eigenvalue weighted by Gasteiger charge is 2.27. The fourth-order valence-electron chi connectivity index (χ4n) is 3.55. The van der Waals surface area contributed by atoms with Crippen LogP contribution in [0.1, 0.15) is 22.2 Å². The summed E-state index contributed by atoms with van der Waals surface area (Å²) in [5.41, 5.74) is 2.22. The van der Waals surface area contributed by atoms with E-state index in [-0.39, 0.29) is 23.9 Å². The average molecular weight is 573 g/mol. The van der Waals surface area contributed by atoms with Gasteiger partial charge >= 0.3 is 0 Å². The van der Waals surface area contributed by atoms with E-state index in [0.717, 1.165) is 15.7 Å². The van der Waals surface area contributed by atoms with E-state index in [2.05, 4.69) is 26.1 Å². The van der Waals surface area contributed by atoms with Gasteiger partial charge in [0, 0.05) is 20.6 Å². The third kappa shape index (κ3) is 6.21. The van der Waals surface area contributed by atoms with Gasteiger partial charge in [0.05, 0.1) is 7.11 Å². The summed E-state index contributed by atoms with van der Waals surface area (Å²) >= 11 is 4.70. The molecule has 0 N–H and O–H groups in total. The molecule has 0 saturated heterocycles. The summed E-state index contributed by atoms with van der Waals surface area (Å²) in [6.45, 7) is 1.65. The van der Waals surface area contributed by atoms with Crippen LogP contribution in [0.3, 0.4) is 0 Å². The van der Waals surface area contributed by atoms with Crippen LogP contribution in [-0.2, 0) is 6.61 Å². The monoisotopic (exact) mass is 572 g/mol. The molecule has 11 heteroatoms. The zero-order valence-corrected chi connectivity index (χ0v) is 21.8. The number of hydrogen-bond acceptors (Lipinski definition) is 7. The molecule has 1 heterocycles. The van der Waals surface area contributed by atoms with Crippen molar-refractivity contribution in [3.63, 3.8) is 0 Å². The molecular weight excluding hydrogens is 551 g/mol. The van der Waals surface area contributed by atoms with Crippen molar-refractivity contribution in [2.24, 2.45) is 0 Å². The van der Waals surface area contributed by atoms with Gasteiger partial charge in [-0.15, -0.1) is 10.2 Å². The van der Waals surface area contributed by atoms with Crippen molar-refractivity contribution >= 4 is 27.7 Å². The Morgan fingerprint density at radius 3 is 2.50 bits per heavy atom. The number of nitrogens with zero attached hydrogens (tertiary/aromatic N) is 4. The van der Waals surface area contributed by atoms with Crippen molar-refractivity contribution in [2.75, 3.05) is 13.7 Å². The Hall–Kier alpha value is -3.44. The van der Waals surface area contributed by atoms with Crippen molar-refractivity contribution in [3.8, 4) is 17.2 Å². The molecule has 1 aromatic heterocycles. The van der Waals surface area contributed by atoms with Gasteiger partial charge in [0.2, 0.25) is 6.54 Å². The zero-order valence-electron chi connectivity index (χ0n) is 19.4. The number of benzene rings is 3. The molecule has 0 saturated carbocycles. The van der Waals surface area contributed by atoms with Crippen LogP contribution in [0.4, 0.5) is 4.39 Å². The van der Waals surface area contributed by atoms with E-state index in [4.69, 9.17) is 9.47 Å². The minimum Gasteiger partial charge on any atom is -0.497 e. The lowest BCUT2D eigenvalue weighted by molar-refractivity contribution is -0.479. The molecule has 0 fully saturated rings. The molecule has 4 aromatic rings. The lowest BCUT2D eigenvalue weighted by atomic mass is 10.1. The summed E-state index contributed by atoms with van der Waals surface area (Å²) in [6, 6.07) is 18.8. The second-order valence-electron chi connectivity index (χ2n) is 7.78. The first-order chi connectivity index (χ1) is 17.3. The molecule has 1 atom stereocenters. The Kier molecular flexibility index (Phi) is 8.21. The largest absolute Gasteiger partial charge is 0.497 e. The lowest BCUT2D eigenvalue weighted by Gasteiger charge is -2.18. The first-order valence-electron chi connectivity index (χ1n) is 10.9. The van der Waals surface area contributed by atoms with Gasteiger partial charge in [-0.2, -0.15) is 0 Å². The van der Waals surface area contributed by atoms with E-state index in [0.29, 0.717) is 28.0 Å². The van der Waals surface area contributed by atoms with Crippen molar-refractivity contribution < 1.29 is 18.8 Å². The topological polar surface area (TPSA) is 92.3 Å². The average Bonchev–Trinajstić information content (AvgIpc) is 3.23. The Balaban J connectivity index is 1.66. The SMILES string of the molecule is COc1ccc(-n2c(C)nnc2S[C@@H](C[N+](=O)[O-])c2cc(Br)ccc2OCc2ccc(F)cc2)cc1. The summed E-state index contributed by atoms with van der Waals surface area (Å²) in [6.07, 6.45) is 0. The molecule has 4 rings (SSSR count). The Bertz CT molecular complexity index is 1350. The van der Waals surface area contributed by atoms with E-state index >= 15 is 0 Å². The van der Waals surface area contributed by atoms with Gasteiger partial charge in [-0.05, 0) is 67.1 Å². The molecule has 0 spiro atoms. The Morgan fingerprint density at radius 1 is 1.11 bits per heavy atom. The molecule has 8 nitrogen and oxygen atoms in total. The molecule has 0 aliphatic carbocycles. The van der Waals surface area contributed by atoms with Gasteiger partial charge < -0.3 is 9.47 Å². The smallest absolute Gasteiger partial charge is 0.220 e. The maximum Gasteiger partial charge on any atom is 0.220 e. The van der Waals surface area contributed by atoms with Gasteiger partial charge in [-0.25, -0.2) is 4.39 Å². The number of aryl methyl sites for hydroxylation is 1. The van der Waals surface area contributed by atoms with E-state index in [1.807, 2.05) is 41.8 Å². The van der Waals surface area contributed by atoms with Crippen molar-refractivity contribution in [1.29, 1.82) is 0 Å². The summed E-state index contributed by atoms with van der Waals surface area (Å²) < 4.78 is 27.1. The predicted molar refractivity (Wildman–Crippen MR) is 138 cm³/mol. The van der Waals surface area contributed by atoms with E-state index in [9.17, 15) is 14.5 Å². The Labute approximate surface area is 219 Å². The fourth-order valence-corrected chi connectivity index (χ4v) is 5.13. The van der Waals surface area contributed by atoms with Gasteiger partial charge in [0.15, 0.2) is 5.16 Å². The van der Waals surface area contributed by atoms with E-state index in [1.165, 1.54) is 23.9 Å². The third-order valence-corrected chi connectivity index (χ3v) is 6.97. The number of aromatic nitrogens is 3. The van der Waals surface area contributed by atoms with Crippen LogP contribution >= 0.6 is 27.7 Å². The van der Waals surface area contributed by atoms with Crippen molar-refractivity contribution in [2.45, 2.75) is 23.9 Å². The van der Waals surface area contributed by atoms with Crippen LogP contribution in [0, 0.1) is 22.9 Å². The van der Waals surface area contributed by atoms with Gasteiger partial charge in [-0.3, -0.25) is 14.7 Å². The Morgan fingerprint density at radius 2 is 1.83 bits per heavy atom. The second kappa shape index (κ2) is 11.5. The quantitative estimate of drug-likeness (QED) is 0.127. The van der Waals surface area contributed by atoms with Crippen molar-refractivity contribution in [1.82, 2.24) is 14.8 Å². The van der Waals surface area contributed by atoms with E-state index in [1.54, 1.807) is 31.4 Å². The molecule has 0 aliphatic rings. The van der Waals surface area contributed by atoms with Crippen LogP contribution in [0.2, 0.25) is 0 Å². The van der Waals surface area contributed by atoms with Crippen LogP contribution < -0.4 is 9.47 Å². The lowest BCUT2D eigenvalue weighted by Crippen LogP contribution is -2.12. The normalized spacial score (nSPS) is 11.8. The summed E-state index contributed by atoms with van der Waals surface area (Å²) in [5.74, 6) is 1.52. The maximum atomic E-state index is 13.3. The minimum absolute atomic E-state index is 0.186. The fraction of sp³-hybridized carbons (Fsp3) is 0.200. The second-order valence-corrected chi connectivity index (χ2v) is 9.87. The number of rotatable bonds is 10. The van der Waals surface area contributed by atoms with Gasteiger partial charge in [0.1, 0.15) is 35.0 Å². The first kappa shape index (κ1) is 25.6. The standard InChI is InChI=1S/C25H22BrFN4O4S/c1-16-28-29-25(31(16)20-8-10-21(34-2)11-9-20)36-24(14-30(32)33)22-13-18(26)5-12-23(22)35-15-17-3-6-19(27)7-4-17/h3-13,24H,14-15H2,1-2H3/t24-/m0/s1. The summed E-state index contributed by atoms with van der Waals surface area (Å²) in [7, 11) is 1.59. The summed E-state index contributed by atoms with van der Waals surface area (Å²) in [4.78, 5) is 11.3. The number of nitro groups is 1. The van der Waals surface area contributed by atoms with Gasteiger partial charge in [-0.1, -0.05) is 39.8 Å². The molecule has 0 amide bonds. The predicted octanol–water partition coefficient (Wildman–Crippen LogP) is 6.18. The highest BCUT2D eigenvalue weighted by Crippen LogP contribution is 2.41. The van der Waals surface area contributed by atoms with Crippen LogP contribution in [-0.4, -0.2) is 33.3 Å². The number of ether oxygens (including phenoxy) is 2. The van der Waals surface area contributed by atoms with Crippen molar-refractivity contribution in [3.05, 3.63) is 104 Å². The molecule has 36 heavy (non-hydrogen) atoms. The minimum atomic E-state index is -0.624. The van der Waals surface area contributed by atoms with Crippen LogP contribution in [0.15, 0.2) is 76.4 Å². The molecular formula is C25H22BrFN4O4S. The van der Waals surface area contributed by atoms with Crippen LogP contribution in [0.5, 0.6) is 11.5 Å². The summed E-state index contributed by atoms with van der Waals surface area (Å²) in [5, 5.41) is 20.0. The molecule has 0 aliphatic heterocycles. The third-order valence-electron chi connectivity index (χ3n) is 5.31. The molecule has 0 bridgehead atoms. The molecule has 3 aromatic carbocycles. The highest BCUT2D eigenvalue weighted by atomic mass is 79.9. The van der Waals surface area contributed by atoms with Crippen LogP contribution in [0.25, 0.3) is 5.69 Å². The van der Waals surface area contributed by atoms with Gasteiger partial charge in [0.25, 0.3) is 0 Å². The number of halogens is 2. The highest BCUT2D eigenvalue weighted by molar-refractivity contribution is 9.10. The molecule has 0 unspecified atom stereocenters. The molecule has 0 radical (unpaired) electrons. The number of hydrogen-bond donors (Lipinski definition) is 0. The molecule has 186 valence electrons. The maximum absolute atomic E-state index is 13.3. The number of thioether (sulfide) groups is 1. The van der Waals surface area contributed by atoms with E-state index < -0.39 is 5.25 Å². The zero-order chi connectivity index (χ0) is 25.7. The first-order valence-corrected chi connectivity index (χ1v) is 12.5. The number of methoxy groups -OCH3 is 1.